The van der Waals surface area contributed by atoms with Gasteiger partial charge in [0.05, 0.1) is 0 Å². The molecule has 2 aromatic rings. The molecule has 0 amide bonds. The number of nitrogen functional groups attached to an aromatic ring is 2. The Labute approximate surface area is 109 Å². The van der Waals surface area contributed by atoms with E-state index in [2.05, 4.69) is 0 Å². The van der Waals surface area contributed by atoms with Crippen molar-refractivity contribution in [1.82, 2.24) is 0 Å². The third-order valence-corrected chi connectivity index (χ3v) is 2.49. The van der Waals surface area contributed by atoms with E-state index in [4.69, 9.17) is 11.5 Å². The van der Waals surface area contributed by atoms with Gasteiger partial charge in [-0.25, -0.2) is 0 Å². The van der Waals surface area contributed by atoms with E-state index in [0.717, 1.165) is 11.4 Å². The number of hydrogen-bond acceptors (Lipinski definition) is 3. The van der Waals surface area contributed by atoms with Crippen LogP contribution in [0.15, 0.2) is 48.5 Å². The second kappa shape index (κ2) is 6.55. The molecule has 0 heterocycles. The summed E-state index contributed by atoms with van der Waals surface area (Å²) in [4.78, 5) is 2.04. The third kappa shape index (κ3) is 4.78. The Balaban J connectivity index is 0.000000184. The fourth-order valence-corrected chi connectivity index (χ4v) is 1.34. The quantitative estimate of drug-likeness (QED) is 0.757. The topological polar surface area (TPSA) is 55.3 Å². The maximum Gasteiger partial charge on any atom is 0.0362 e. The standard InChI is InChI=1S/C8H12N2.C7H9N/c1-10(2)8-5-3-7(9)4-6-8;1-6-2-4-7(8)5-3-6/h3-6H,9H2,1-2H3;2-5H,8H2,1H3. The van der Waals surface area contributed by atoms with E-state index < -0.39 is 0 Å². The van der Waals surface area contributed by atoms with Gasteiger partial charge in [0.2, 0.25) is 0 Å². The van der Waals surface area contributed by atoms with Crippen LogP contribution in [0.1, 0.15) is 5.56 Å². The Hall–Kier alpha value is -2.16. The number of nitrogens with two attached hydrogens (primary N) is 2. The summed E-state index contributed by atoms with van der Waals surface area (Å²) in [6.45, 7) is 2.04. The third-order valence-electron chi connectivity index (χ3n) is 2.49. The molecule has 0 aliphatic heterocycles. The predicted octanol–water partition coefficient (Wildman–Crippen LogP) is 2.91. The van der Waals surface area contributed by atoms with Gasteiger partial charge in [-0.1, -0.05) is 17.7 Å². The Morgan fingerprint density at radius 1 is 0.722 bits per heavy atom. The zero-order chi connectivity index (χ0) is 13.5. The van der Waals surface area contributed by atoms with Crippen LogP contribution in [0.5, 0.6) is 0 Å². The van der Waals surface area contributed by atoms with Crippen molar-refractivity contribution in [1.29, 1.82) is 0 Å². The van der Waals surface area contributed by atoms with Crippen molar-refractivity contribution in [3.05, 3.63) is 54.1 Å². The van der Waals surface area contributed by atoms with Crippen LogP contribution in [0.4, 0.5) is 17.1 Å². The van der Waals surface area contributed by atoms with Gasteiger partial charge in [-0.05, 0) is 43.3 Å². The zero-order valence-corrected chi connectivity index (χ0v) is 11.2. The lowest BCUT2D eigenvalue weighted by atomic mass is 10.2. The molecular formula is C15H21N3. The van der Waals surface area contributed by atoms with Gasteiger partial charge in [0.15, 0.2) is 0 Å². The molecule has 4 N–H and O–H groups in total. The highest BCUT2D eigenvalue weighted by Crippen LogP contribution is 2.12. The van der Waals surface area contributed by atoms with Crippen molar-refractivity contribution in [2.75, 3.05) is 30.5 Å². The molecule has 0 saturated heterocycles. The highest BCUT2D eigenvalue weighted by Gasteiger charge is 1.91. The highest BCUT2D eigenvalue weighted by atomic mass is 15.1. The summed E-state index contributed by atoms with van der Waals surface area (Å²) < 4.78 is 0. The van der Waals surface area contributed by atoms with E-state index in [-0.39, 0.29) is 0 Å². The fraction of sp³-hybridized carbons (Fsp3) is 0.200. The van der Waals surface area contributed by atoms with E-state index in [9.17, 15) is 0 Å². The van der Waals surface area contributed by atoms with Gasteiger partial charge >= 0.3 is 0 Å². The molecule has 0 fully saturated rings. The van der Waals surface area contributed by atoms with Crippen molar-refractivity contribution in [3.63, 3.8) is 0 Å². The Kier molecular flexibility index (Phi) is 5.06. The summed E-state index contributed by atoms with van der Waals surface area (Å²) in [5.41, 5.74) is 15.0. The van der Waals surface area contributed by atoms with Crippen molar-refractivity contribution in [2.24, 2.45) is 0 Å². The molecule has 0 atom stereocenters. The number of anilines is 3. The second-order valence-corrected chi connectivity index (χ2v) is 4.40. The van der Waals surface area contributed by atoms with Crippen LogP contribution in [0.3, 0.4) is 0 Å². The zero-order valence-electron chi connectivity index (χ0n) is 11.2. The summed E-state index contributed by atoms with van der Waals surface area (Å²) in [5.74, 6) is 0. The first-order valence-corrected chi connectivity index (χ1v) is 5.84. The maximum absolute atomic E-state index is 5.51. The van der Waals surface area contributed by atoms with E-state index in [1.54, 1.807) is 0 Å². The number of benzene rings is 2. The molecule has 0 saturated carbocycles. The minimum Gasteiger partial charge on any atom is -0.399 e. The Bertz CT molecular complexity index is 437. The number of aryl methyl sites for hydroxylation is 1. The molecule has 3 nitrogen and oxygen atoms in total. The lowest BCUT2D eigenvalue weighted by Gasteiger charge is -2.11. The highest BCUT2D eigenvalue weighted by molar-refractivity contribution is 5.51. The average Bonchev–Trinajstić information content (AvgIpc) is 2.34. The summed E-state index contributed by atoms with van der Waals surface area (Å²) in [6, 6.07) is 15.6. The minimum atomic E-state index is 0.811. The van der Waals surface area contributed by atoms with Gasteiger partial charge in [0.1, 0.15) is 0 Å². The molecule has 0 aliphatic rings. The molecule has 0 aliphatic carbocycles. The monoisotopic (exact) mass is 243 g/mol. The number of nitrogens with zero attached hydrogens (tertiary/aromatic N) is 1. The Morgan fingerprint density at radius 2 is 1.11 bits per heavy atom. The number of rotatable bonds is 1. The van der Waals surface area contributed by atoms with Crippen LogP contribution in [0, 0.1) is 6.92 Å². The first kappa shape index (κ1) is 13.9. The SMILES string of the molecule is CN(C)c1ccc(N)cc1.Cc1ccc(N)cc1. The van der Waals surface area contributed by atoms with Crippen LogP contribution >= 0.6 is 0 Å². The smallest absolute Gasteiger partial charge is 0.0362 e. The first-order valence-electron chi connectivity index (χ1n) is 5.84. The van der Waals surface area contributed by atoms with Gasteiger partial charge in [-0.2, -0.15) is 0 Å². The van der Waals surface area contributed by atoms with E-state index in [1.165, 1.54) is 11.3 Å². The van der Waals surface area contributed by atoms with Gasteiger partial charge < -0.3 is 16.4 Å². The second-order valence-electron chi connectivity index (χ2n) is 4.40. The van der Waals surface area contributed by atoms with Crippen LogP contribution in [-0.4, -0.2) is 14.1 Å². The predicted molar refractivity (Wildman–Crippen MR) is 80.8 cm³/mol. The maximum atomic E-state index is 5.51. The lowest BCUT2D eigenvalue weighted by molar-refractivity contribution is 1.13. The molecule has 0 unspecified atom stereocenters. The van der Waals surface area contributed by atoms with Crippen molar-refractivity contribution >= 4 is 17.1 Å². The largest absolute Gasteiger partial charge is 0.399 e. The van der Waals surface area contributed by atoms with Crippen molar-refractivity contribution in [3.8, 4) is 0 Å². The molecular weight excluding hydrogens is 222 g/mol. The molecule has 96 valence electrons. The van der Waals surface area contributed by atoms with Crippen LogP contribution in [0.25, 0.3) is 0 Å². The molecule has 18 heavy (non-hydrogen) atoms. The van der Waals surface area contributed by atoms with Gasteiger partial charge in [0.25, 0.3) is 0 Å². The molecule has 3 heteroatoms. The summed E-state index contributed by atoms with van der Waals surface area (Å²) in [5, 5.41) is 0. The lowest BCUT2D eigenvalue weighted by Crippen LogP contribution is -2.08. The number of hydrogen-bond donors (Lipinski definition) is 2. The van der Waals surface area contributed by atoms with Gasteiger partial charge in [-0.3, -0.25) is 0 Å². The summed E-state index contributed by atoms with van der Waals surface area (Å²) in [7, 11) is 4.01. The Morgan fingerprint density at radius 3 is 1.44 bits per heavy atom. The average molecular weight is 243 g/mol. The van der Waals surface area contributed by atoms with Crippen molar-refractivity contribution in [2.45, 2.75) is 6.92 Å². The first-order chi connectivity index (χ1) is 8.49. The van der Waals surface area contributed by atoms with Gasteiger partial charge in [0, 0.05) is 31.2 Å². The van der Waals surface area contributed by atoms with Crippen LogP contribution in [0.2, 0.25) is 0 Å². The van der Waals surface area contributed by atoms with Gasteiger partial charge in [-0.15, -0.1) is 0 Å². The summed E-state index contributed by atoms with van der Waals surface area (Å²) in [6.07, 6.45) is 0. The molecule has 2 aromatic carbocycles. The molecule has 0 aromatic heterocycles. The van der Waals surface area contributed by atoms with Crippen LogP contribution in [-0.2, 0) is 0 Å². The minimum absolute atomic E-state index is 0.811. The normalized spacial score (nSPS) is 9.28. The fourth-order valence-electron chi connectivity index (χ4n) is 1.34. The molecule has 0 radical (unpaired) electrons. The molecule has 0 bridgehead atoms. The van der Waals surface area contributed by atoms with E-state index in [0.29, 0.717) is 0 Å². The molecule has 2 rings (SSSR count). The molecule has 0 spiro atoms. The van der Waals surface area contributed by atoms with E-state index in [1.807, 2.05) is 74.4 Å². The summed E-state index contributed by atoms with van der Waals surface area (Å²) >= 11 is 0. The van der Waals surface area contributed by atoms with Crippen molar-refractivity contribution < 1.29 is 0 Å². The van der Waals surface area contributed by atoms with Crippen LogP contribution < -0.4 is 16.4 Å². The van der Waals surface area contributed by atoms with E-state index >= 15 is 0 Å².